The lowest BCUT2D eigenvalue weighted by Crippen LogP contribution is -2.29. The molecule has 30 heavy (non-hydrogen) atoms. The molecule has 0 saturated heterocycles. The number of carbonyl (C=O) groups excluding carboxylic acids is 2. The molecule has 0 fully saturated rings. The molecule has 0 spiro atoms. The largest absolute Gasteiger partial charge is 0.491 e. The number of esters is 1. The van der Waals surface area contributed by atoms with Crippen molar-refractivity contribution in [2.75, 3.05) is 19.0 Å². The predicted molar refractivity (Wildman–Crippen MR) is 114 cm³/mol. The fourth-order valence-corrected chi connectivity index (χ4v) is 2.78. The summed E-state index contributed by atoms with van der Waals surface area (Å²) in [6.07, 6.45) is 1.65. The van der Waals surface area contributed by atoms with Crippen molar-refractivity contribution in [3.63, 3.8) is 0 Å². The van der Waals surface area contributed by atoms with E-state index < -0.39 is 18.0 Å². The maximum Gasteiger partial charge on any atom is 0.331 e. The quantitative estimate of drug-likeness (QED) is 0.499. The van der Waals surface area contributed by atoms with Gasteiger partial charge in [0.05, 0.1) is 30.4 Å². The van der Waals surface area contributed by atoms with Crippen molar-refractivity contribution in [2.45, 2.75) is 20.0 Å². The Balaban J connectivity index is 2.01. The number of hydrogen-bond acceptors (Lipinski definition) is 6. The van der Waals surface area contributed by atoms with E-state index in [1.54, 1.807) is 30.3 Å². The Labute approximate surface area is 179 Å². The van der Waals surface area contributed by atoms with Crippen LogP contribution in [0.25, 0.3) is 6.08 Å². The van der Waals surface area contributed by atoms with Crippen LogP contribution in [0, 0.1) is 11.3 Å². The van der Waals surface area contributed by atoms with Gasteiger partial charge >= 0.3 is 5.97 Å². The molecule has 156 valence electrons. The van der Waals surface area contributed by atoms with Gasteiger partial charge in [-0.25, -0.2) is 4.79 Å². The molecule has 0 bridgehead atoms. The molecule has 1 atom stereocenters. The molecule has 1 unspecified atom stereocenters. The molecule has 0 radical (unpaired) electrons. The molecule has 2 aromatic rings. The summed E-state index contributed by atoms with van der Waals surface area (Å²) in [4.78, 5) is 24.3. The van der Waals surface area contributed by atoms with E-state index in [2.05, 4.69) is 5.32 Å². The number of hydrogen-bond donors (Lipinski definition) is 1. The molecular formula is C22H21ClN2O5. The molecule has 0 aliphatic rings. The summed E-state index contributed by atoms with van der Waals surface area (Å²) >= 11 is 6.18. The van der Waals surface area contributed by atoms with Gasteiger partial charge in [-0.2, -0.15) is 5.26 Å². The van der Waals surface area contributed by atoms with E-state index in [4.69, 9.17) is 31.1 Å². The minimum absolute atomic E-state index is 0.337. The summed E-state index contributed by atoms with van der Waals surface area (Å²) in [5.41, 5.74) is 1.45. The third-order valence-electron chi connectivity index (χ3n) is 3.87. The van der Waals surface area contributed by atoms with Crippen LogP contribution in [0.4, 0.5) is 5.69 Å². The predicted octanol–water partition coefficient (Wildman–Crippen LogP) is 4.20. The van der Waals surface area contributed by atoms with E-state index in [1.807, 2.05) is 13.0 Å². The Bertz CT molecular complexity index is 998. The summed E-state index contributed by atoms with van der Waals surface area (Å²) in [6.45, 7) is 3.70. The Morgan fingerprint density at radius 3 is 2.73 bits per heavy atom. The van der Waals surface area contributed by atoms with E-state index in [1.165, 1.54) is 32.3 Å². The van der Waals surface area contributed by atoms with Gasteiger partial charge in [-0.3, -0.25) is 4.79 Å². The first-order valence-electron chi connectivity index (χ1n) is 9.08. The number of benzene rings is 2. The second-order valence-corrected chi connectivity index (χ2v) is 6.47. The van der Waals surface area contributed by atoms with Crippen molar-refractivity contribution >= 4 is 35.2 Å². The number of nitrogens with one attached hydrogen (secondary N) is 1. The van der Waals surface area contributed by atoms with Crippen molar-refractivity contribution in [2.24, 2.45) is 0 Å². The Morgan fingerprint density at radius 1 is 1.30 bits per heavy atom. The highest BCUT2D eigenvalue weighted by Crippen LogP contribution is 2.36. The first-order valence-corrected chi connectivity index (χ1v) is 9.45. The molecule has 1 N–H and O–H groups in total. The smallest absolute Gasteiger partial charge is 0.331 e. The van der Waals surface area contributed by atoms with Crippen molar-refractivity contribution < 1.29 is 23.8 Å². The number of nitriles is 1. The zero-order valence-corrected chi connectivity index (χ0v) is 17.5. The maximum atomic E-state index is 12.2. The molecular weight excluding hydrogens is 408 g/mol. The van der Waals surface area contributed by atoms with Crippen LogP contribution in [0.3, 0.4) is 0 Å². The summed E-state index contributed by atoms with van der Waals surface area (Å²) < 4.78 is 15.8. The second-order valence-electron chi connectivity index (χ2n) is 6.06. The van der Waals surface area contributed by atoms with Crippen LogP contribution in [0.15, 0.2) is 42.5 Å². The molecule has 0 aliphatic heterocycles. The Morgan fingerprint density at radius 2 is 2.07 bits per heavy atom. The van der Waals surface area contributed by atoms with Crippen molar-refractivity contribution in [1.82, 2.24) is 0 Å². The molecule has 7 nitrogen and oxygen atoms in total. The zero-order chi connectivity index (χ0) is 22.1. The molecule has 2 aromatic carbocycles. The number of halogens is 1. The first kappa shape index (κ1) is 22.8. The number of ether oxygens (including phenoxy) is 3. The molecule has 0 saturated carbocycles. The van der Waals surface area contributed by atoms with Crippen LogP contribution < -0.4 is 14.8 Å². The summed E-state index contributed by atoms with van der Waals surface area (Å²) in [5.74, 6) is -0.358. The third kappa shape index (κ3) is 6.26. The molecule has 0 aromatic heterocycles. The molecule has 0 aliphatic carbocycles. The van der Waals surface area contributed by atoms with Gasteiger partial charge in [0, 0.05) is 11.8 Å². The lowest BCUT2D eigenvalue weighted by Gasteiger charge is -2.13. The number of nitrogens with zero attached hydrogens (tertiary/aromatic N) is 1. The number of rotatable bonds is 8. The van der Waals surface area contributed by atoms with Gasteiger partial charge in [-0.15, -0.1) is 0 Å². The molecule has 2 rings (SSSR count). The van der Waals surface area contributed by atoms with Crippen LogP contribution in [0.5, 0.6) is 11.5 Å². The highest BCUT2D eigenvalue weighted by Gasteiger charge is 2.17. The van der Waals surface area contributed by atoms with Gasteiger partial charge in [-0.1, -0.05) is 17.7 Å². The van der Waals surface area contributed by atoms with Crippen LogP contribution in [-0.2, 0) is 14.3 Å². The monoisotopic (exact) mass is 428 g/mol. The van der Waals surface area contributed by atoms with E-state index in [9.17, 15) is 9.59 Å². The van der Waals surface area contributed by atoms with E-state index in [0.29, 0.717) is 39.9 Å². The summed E-state index contributed by atoms with van der Waals surface area (Å²) in [5, 5.41) is 11.8. The SMILES string of the molecule is CCOc1cc(/C=C/C(=O)OC(C)C(=O)Nc2cccc(C#N)c2)cc(Cl)c1OC. The standard InChI is InChI=1S/C22H21ClN2O5/c1-4-29-19-12-15(11-18(23)21(19)28-3)8-9-20(26)30-14(2)22(27)25-17-7-5-6-16(10-17)13-24/h5-12,14H,4H2,1-3H3,(H,25,27)/b9-8+. The molecule has 8 heteroatoms. The molecule has 1 amide bonds. The number of carbonyl (C=O) groups is 2. The Kier molecular flexibility index (Phi) is 8.27. The van der Waals surface area contributed by atoms with Gasteiger partial charge in [0.2, 0.25) is 0 Å². The minimum atomic E-state index is -1.04. The van der Waals surface area contributed by atoms with Gasteiger partial charge < -0.3 is 19.5 Å². The van der Waals surface area contributed by atoms with Crippen LogP contribution >= 0.6 is 11.6 Å². The summed E-state index contributed by atoms with van der Waals surface area (Å²) in [6, 6.07) is 11.7. The Hall–Kier alpha value is -3.50. The van der Waals surface area contributed by atoms with Crippen LogP contribution in [-0.4, -0.2) is 31.7 Å². The zero-order valence-electron chi connectivity index (χ0n) is 16.8. The fourth-order valence-electron chi connectivity index (χ4n) is 2.49. The number of methoxy groups -OCH3 is 1. The lowest BCUT2D eigenvalue weighted by molar-refractivity contribution is -0.148. The van der Waals surface area contributed by atoms with Crippen LogP contribution in [0.2, 0.25) is 5.02 Å². The average Bonchev–Trinajstić information content (AvgIpc) is 2.72. The third-order valence-corrected chi connectivity index (χ3v) is 4.15. The number of amides is 1. The van der Waals surface area contributed by atoms with Gasteiger partial charge in [-0.05, 0) is 55.8 Å². The summed E-state index contributed by atoms with van der Waals surface area (Å²) in [7, 11) is 1.49. The second kappa shape index (κ2) is 10.9. The van der Waals surface area contributed by atoms with Crippen molar-refractivity contribution in [1.29, 1.82) is 5.26 Å². The minimum Gasteiger partial charge on any atom is -0.491 e. The van der Waals surface area contributed by atoms with Crippen molar-refractivity contribution in [3.05, 3.63) is 58.6 Å². The van der Waals surface area contributed by atoms with Crippen LogP contribution in [0.1, 0.15) is 25.0 Å². The van der Waals surface area contributed by atoms with E-state index >= 15 is 0 Å². The van der Waals surface area contributed by atoms with Gasteiger partial charge in [0.15, 0.2) is 17.6 Å². The first-order chi connectivity index (χ1) is 14.4. The van der Waals surface area contributed by atoms with E-state index in [-0.39, 0.29) is 0 Å². The molecule has 0 heterocycles. The van der Waals surface area contributed by atoms with Crippen molar-refractivity contribution in [3.8, 4) is 17.6 Å². The normalized spacial score (nSPS) is 11.4. The fraction of sp³-hybridized carbons (Fsp3) is 0.227. The maximum absolute atomic E-state index is 12.2. The van der Waals surface area contributed by atoms with Gasteiger partial charge in [0.25, 0.3) is 5.91 Å². The highest BCUT2D eigenvalue weighted by molar-refractivity contribution is 6.32. The number of anilines is 1. The lowest BCUT2D eigenvalue weighted by atomic mass is 10.2. The topological polar surface area (TPSA) is 97.6 Å². The van der Waals surface area contributed by atoms with Gasteiger partial charge in [0.1, 0.15) is 0 Å². The highest BCUT2D eigenvalue weighted by atomic mass is 35.5. The average molecular weight is 429 g/mol. The van der Waals surface area contributed by atoms with E-state index in [0.717, 1.165) is 0 Å².